The second-order valence-corrected chi connectivity index (χ2v) is 4.66. The summed E-state index contributed by atoms with van der Waals surface area (Å²) in [7, 11) is 0. The van der Waals surface area contributed by atoms with Crippen molar-refractivity contribution in [1.82, 2.24) is 0 Å². The number of nitrogens with two attached hydrogens (primary N) is 2. The predicted octanol–water partition coefficient (Wildman–Crippen LogP) is 1.03. The monoisotopic (exact) mass is 262 g/mol. The molecule has 0 radical (unpaired) electrons. The van der Waals surface area contributed by atoms with Gasteiger partial charge in [0.25, 0.3) is 0 Å². The fraction of sp³-hybridized carbons (Fsp3) is 0.833. The zero-order valence-corrected chi connectivity index (χ0v) is 11.4. The first-order chi connectivity index (χ1) is 8.22. The van der Waals surface area contributed by atoms with E-state index in [1.807, 2.05) is 20.8 Å². The van der Waals surface area contributed by atoms with Gasteiger partial charge in [-0.1, -0.05) is 33.6 Å². The van der Waals surface area contributed by atoms with Crippen molar-refractivity contribution >= 4 is 11.9 Å². The van der Waals surface area contributed by atoms with Crippen LogP contribution in [0.1, 0.15) is 46.5 Å². The summed E-state index contributed by atoms with van der Waals surface area (Å²) in [6, 6.07) is -1.35. The Morgan fingerprint density at radius 3 is 1.72 bits per heavy atom. The molecule has 6 heteroatoms. The maximum absolute atomic E-state index is 10.1. The zero-order chi connectivity index (χ0) is 14.7. The molecule has 0 spiro atoms. The van der Waals surface area contributed by atoms with Crippen LogP contribution in [0.2, 0.25) is 0 Å². The molecule has 0 aromatic heterocycles. The van der Waals surface area contributed by atoms with E-state index in [0.29, 0.717) is 18.8 Å². The fourth-order valence-electron chi connectivity index (χ4n) is 1.16. The average molecular weight is 262 g/mol. The summed E-state index contributed by atoms with van der Waals surface area (Å²) in [5.74, 6) is -1.46. The van der Waals surface area contributed by atoms with Gasteiger partial charge in [-0.25, -0.2) is 0 Å². The molecular formula is C12H26N2O4. The van der Waals surface area contributed by atoms with Crippen molar-refractivity contribution in [3.8, 4) is 0 Å². The van der Waals surface area contributed by atoms with Crippen molar-refractivity contribution in [2.45, 2.75) is 58.5 Å². The minimum Gasteiger partial charge on any atom is -0.480 e. The van der Waals surface area contributed by atoms with E-state index in [9.17, 15) is 9.59 Å². The van der Waals surface area contributed by atoms with Crippen LogP contribution >= 0.6 is 0 Å². The van der Waals surface area contributed by atoms with Gasteiger partial charge < -0.3 is 21.7 Å². The van der Waals surface area contributed by atoms with Gasteiger partial charge in [-0.3, -0.25) is 9.59 Å². The van der Waals surface area contributed by atoms with Crippen LogP contribution in [0.5, 0.6) is 0 Å². The van der Waals surface area contributed by atoms with Gasteiger partial charge in [-0.05, 0) is 18.8 Å². The fourth-order valence-corrected chi connectivity index (χ4v) is 1.16. The Hall–Kier alpha value is -1.14. The van der Waals surface area contributed by atoms with Gasteiger partial charge in [0.15, 0.2) is 0 Å². The number of unbranched alkanes of at least 4 members (excludes halogenated alkanes) is 1. The van der Waals surface area contributed by atoms with E-state index < -0.39 is 24.0 Å². The molecule has 0 heterocycles. The van der Waals surface area contributed by atoms with Crippen molar-refractivity contribution in [2.24, 2.45) is 17.4 Å². The van der Waals surface area contributed by atoms with Crippen LogP contribution in [0.4, 0.5) is 0 Å². The summed E-state index contributed by atoms with van der Waals surface area (Å²) < 4.78 is 0. The molecule has 2 atom stereocenters. The van der Waals surface area contributed by atoms with Crippen molar-refractivity contribution in [3.63, 3.8) is 0 Å². The van der Waals surface area contributed by atoms with Gasteiger partial charge in [0.05, 0.1) is 0 Å². The molecule has 0 amide bonds. The Morgan fingerprint density at radius 1 is 1.06 bits per heavy atom. The van der Waals surface area contributed by atoms with Crippen LogP contribution in [0.3, 0.4) is 0 Å². The SMILES string of the molecule is CC(C)C[C@H](N)C(=O)O.CCCC[C@H](N)C(=O)O. The lowest BCUT2D eigenvalue weighted by atomic mass is 10.1. The lowest BCUT2D eigenvalue weighted by Gasteiger charge is -2.07. The van der Waals surface area contributed by atoms with Gasteiger partial charge in [0, 0.05) is 0 Å². The molecule has 0 aromatic carbocycles. The molecule has 108 valence electrons. The molecule has 0 saturated carbocycles. The molecule has 0 aliphatic heterocycles. The molecule has 6 nitrogen and oxygen atoms in total. The average Bonchev–Trinajstić information content (AvgIpc) is 2.25. The summed E-state index contributed by atoms with van der Waals surface area (Å²) in [4.78, 5) is 20.2. The third-order valence-electron chi connectivity index (χ3n) is 2.23. The molecular weight excluding hydrogens is 236 g/mol. The molecule has 0 rings (SSSR count). The van der Waals surface area contributed by atoms with E-state index >= 15 is 0 Å². The lowest BCUT2D eigenvalue weighted by Crippen LogP contribution is -2.31. The maximum atomic E-state index is 10.1. The van der Waals surface area contributed by atoms with Gasteiger partial charge in [-0.15, -0.1) is 0 Å². The topological polar surface area (TPSA) is 127 Å². The Balaban J connectivity index is 0. The third kappa shape index (κ3) is 12.9. The molecule has 6 N–H and O–H groups in total. The molecule has 0 aliphatic rings. The number of carboxylic acid groups (broad SMARTS) is 2. The van der Waals surface area contributed by atoms with Gasteiger partial charge in [0.2, 0.25) is 0 Å². The quantitative estimate of drug-likeness (QED) is 0.543. The summed E-state index contributed by atoms with van der Waals surface area (Å²) in [6.07, 6.45) is 3.04. The third-order valence-corrected chi connectivity index (χ3v) is 2.23. The van der Waals surface area contributed by atoms with Crippen LogP contribution in [0.15, 0.2) is 0 Å². The largest absolute Gasteiger partial charge is 0.480 e. The number of hydrogen-bond donors (Lipinski definition) is 4. The van der Waals surface area contributed by atoms with Gasteiger partial charge in [-0.2, -0.15) is 0 Å². The molecule has 0 bridgehead atoms. The molecule has 0 aliphatic carbocycles. The summed E-state index contributed by atoms with van der Waals surface area (Å²) in [5, 5.41) is 16.6. The number of rotatable bonds is 7. The van der Waals surface area contributed by atoms with E-state index in [4.69, 9.17) is 21.7 Å². The van der Waals surface area contributed by atoms with E-state index in [-0.39, 0.29) is 0 Å². The summed E-state index contributed by atoms with van der Waals surface area (Å²) in [6.45, 7) is 5.90. The molecule has 18 heavy (non-hydrogen) atoms. The minimum absolute atomic E-state index is 0.357. The number of carboxylic acids is 2. The lowest BCUT2D eigenvalue weighted by molar-refractivity contribution is -0.139. The number of hydrogen-bond acceptors (Lipinski definition) is 4. The minimum atomic E-state index is -0.913. The van der Waals surface area contributed by atoms with Crippen LogP contribution in [0, 0.1) is 5.92 Å². The predicted molar refractivity (Wildman–Crippen MR) is 70.2 cm³/mol. The Kier molecular flexibility index (Phi) is 11.7. The van der Waals surface area contributed by atoms with Crippen molar-refractivity contribution < 1.29 is 19.8 Å². The smallest absolute Gasteiger partial charge is 0.320 e. The van der Waals surface area contributed by atoms with E-state index in [1.165, 1.54) is 0 Å². The zero-order valence-electron chi connectivity index (χ0n) is 11.4. The van der Waals surface area contributed by atoms with E-state index in [0.717, 1.165) is 12.8 Å². The van der Waals surface area contributed by atoms with Crippen molar-refractivity contribution in [2.75, 3.05) is 0 Å². The van der Waals surface area contributed by atoms with E-state index in [2.05, 4.69) is 0 Å². The second kappa shape index (κ2) is 11.0. The van der Waals surface area contributed by atoms with E-state index in [1.54, 1.807) is 0 Å². The highest BCUT2D eigenvalue weighted by atomic mass is 16.4. The van der Waals surface area contributed by atoms with Crippen LogP contribution < -0.4 is 11.5 Å². The maximum Gasteiger partial charge on any atom is 0.320 e. The number of carbonyl (C=O) groups is 2. The first-order valence-corrected chi connectivity index (χ1v) is 6.19. The summed E-state index contributed by atoms with van der Waals surface area (Å²) >= 11 is 0. The Labute approximate surface area is 108 Å². The number of aliphatic carboxylic acids is 2. The molecule has 0 fully saturated rings. The van der Waals surface area contributed by atoms with Crippen LogP contribution in [-0.4, -0.2) is 34.2 Å². The standard InChI is InChI=1S/2C6H13NO2/c1-4(2)3-5(7)6(8)9;1-2-3-4-5(7)6(8)9/h4-5H,3,7H2,1-2H3,(H,8,9);5H,2-4,7H2,1H3,(H,8,9)/t2*5-/m00/s1. The summed E-state index contributed by atoms with van der Waals surface area (Å²) in [5.41, 5.74) is 10.4. The first kappa shape index (κ1) is 19.2. The molecule has 0 saturated heterocycles. The van der Waals surface area contributed by atoms with Gasteiger partial charge in [0.1, 0.15) is 12.1 Å². The Morgan fingerprint density at radius 2 is 1.50 bits per heavy atom. The van der Waals surface area contributed by atoms with Gasteiger partial charge >= 0.3 is 11.9 Å². The molecule has 0 aromatic rings. The normalized spacial score (nSPS) is 13.4. The van der Waals surface area contributed by atoms with Crippen molar-refractivity contribution in [3.05, 3.63) is 0 Å². The molecule has 0 unspecified atom stereocenters. The highest BCUT2D eigenvalue weighted by molar-refractivity contribution is 5.73. The first-order valence-electron chi connectivity index (χ1n) is 6.19. The highest BCUT2D eigenvalue weighted by Crippen LogP contribution is 2.01. The van der Waals surface area contributed by atoms with Crippen LogP contribution in [0.25, 0.3) is 0 Å². The van der Waals surface area contributed by atoms with Crippen molar-refractivity contribution in [1.29, 1.82) is 0 Å². The van der Waals surface area contributed by atoms with Crippen LogP contribution in [-0.2, 0) is 9.59 Å². The highest BCUT2D eigenvalue weighted by Gasteiger charge is 2.12. The Bertz CT molecular complexity index is 244. The second-order valence-electron chi connectivity index (χ2n) is 4.66.